The first-order valence-electron chi connectivity index (χ1n) is 10.7. The summed E-state index contributed by atoms with van der Waals surface area (Å²) in [5.74, 6) is -0.0947. The maximum atomic E-state index is 12.8. The Morgan fingerprint density at radius 3 is 2.50 bits per heavy atom. The number of epoxide rings is 1. The zero-order valence-corrected chi connectivity index (χ0v) is 18.1. The molecule has 0 saturated carbocycles. The van der Waals surface area contributed by atoms with Crippen LogP contribution >= 0.6 is 0 Å². The summed E-state index contributed by atoms with van der Waals surface area (Å²) >= 11 is 0. The van der Waals surface area contributed by atoms with Crippen molar-refractivity contribution in [3.63, 3.8) is 0 Å². The number of amides is 2. The molecule has 2 saturated heterocycles. The number of carbonyl (C=O) groups is 2. The van der Waals surface area contributed by atoms with Gasteiger partial charge in [-0.3, -0.25) is 15.3 Å². The maximum Gasteiger partial charge on any atom is 0.419 e. The third-order valence-electron chi connectivity index (χ3n) is 5.69. The number of para-hydroxylation sites is 1. The summed E-state index contributed by atoms with van der Waals surface area (Å²) < 4.78 is 54.1. The van der Waals surface area contributed by atoms with Gasteiger partial charge in [0.05, 0.1) is 19.3 Å². The van der Waals surface area contributed by atoms with Crippen LogP contribution in [0.3, 0.4) is 0 Å². The maximum absolute atomic E-state index is 12.8. The Labute approximate surface area is 193 Å². The summed E-state index contributed by atoms with van der Waals surface area (Å²) in [5.41, 5.74) is 4.11. The Bertz CT molecular complexity index is 1020. The van der Waals surface area contributed by atoms with Crippen LogP contribution in [0.4, 0.5) is 13.2 Å². The first-order valence-corrected chi connectivity index (χ1v) is 10.7. The molecule has 2 amide bonds. The minimum atomic E-state index is -4.57. The molecule has 2 aromatic rings. The normalized spacial score (nSPS) is 24.4. The lowest BCUT2D eigenvalue weighted by atomic mass is 10.0. The summed E-state index contributed by atoms with van der Waals surface area (Å²) in [7, 11) is 0. The summed E-state index contributed by atoms with van der Waals surface area (Å²) in [5, 5.41) is 2.74. The van der Waals surface area contributed by atoms with Gasteiger partial charge in [0.25, 0.3) is 11.8 Å². The highest BCUT2D eigenvalue weighted by atomic mass is 19.4. The number of benzene rings is 2. The van der Waals surface area contributed by atoms with E-state index in [2.05, 4.69) is 10.1 Å². The van der Waals surface area contributed by atoms with E-state index in [1.165, 1.54) is 24.3 Å². The molecule has 0 bridgehead atoms. The molecular weight excluding hydrogens is 455 g/mol. The lowest BCUT2D eigenvalue weighted by molar-refractivity contribution is -0.147. The van der Waals surface area contributed by atoms with Gasteiger partial charge in [-0.25, -0.2) is 0 Å². The molecule has 182 valence electrons. The van der Waals surface area contributed by atoms with Crippen molar-refractivity contribution in [3.05, 3.63) is 65.7 Å². The zero-order chi connectivity index (χ0) is 24.3. The molecule has 3 N–H and O–H groups in total. The number of nitrogens with one attached hydrogen (secondary N) is 1. The molecule has 2 heterocycles. The average Bonchev–Trinajstić information content (AvgIpc) is 3.56. The highest BCUT2D eigenvalue weighted by Crippen LogP contribution is 2.49. The Hall–Kier alpha value is -3.15. The second-order valence-electron chi connectivity index (χ2n) is 8.04. The van der Waals surface area contributed by atoms with Crippen LogP contribution in [0.15, 0.2) is 54.6 Å². The van der Waals surface area contributed by atoms with Crippen molar-refractivity contribution >= 4 is 11.8 Å². The van der Waals surface area contributed by atoms with Crippen LogP contribution < -0.4 is 15.8 Å². The van der Waals surface area contributed by atoms with E-state index in [-0.39, 0.29) is 42.8 Å². The molecule has 0 radical (unpaired) electrons. The van der Waals surface area contributed by atoms with Gasteiger partial charge < -0.3 is 24.4 Å². The van der Waals surface area contributed by atoms with Crippen LogP contribution in [0.2, 0.25) is 0 Å². The topological polar surface area (TPSA) is 106 Å². The summed E-state index contributed by atoms with van der Waals surface area (Å²) in [4.78, 5) is 26.8. The van der Waals surface area contributed by atoms with Crippen molar-refractivity contribution in [2.75, 3.05) is 32.9 Å². The van der Waals surface area contributed by atoms with E-state index in [9.17, 15) is 22.8 Å². The molecule has 0 aromatic heterocycles. The van der Waals surface area contributed by atoms with E-state index in [4.69, 9.17) is 15.2 Å². The first kappa shape index (κ1) is 24.0. The van der Waals surface area contributed by atoms with Crippen molar-refractivity contribution in [1.29, 1.82) is 0 Å². The second kappa shape index (κ2) is 9.61. The van der Waals surface area contributed by atoms with Crippen molar-refractivity contribution < 1.29 is 37.0 Å². The fourth-order valence-electron chi connectivity index (χ4n) is 3.78. The monoisotopic (exact) mass is 479 g/mol. The third-order valence-corrected chi connectivity index (χ3v) is 5.69. The highest BCUT2D eigenvalue weighted by Gasteiger charge is 2.68. The molecule has 2 aliphatic rings. The molecule has 2 fully saturated rings. The summed E-state index contributed by atoms with van der Waals surface area (Å²) in [6.45, 7) is 0.994. The highest BCUT2D eigenvalue weighted by molar-refractivity contribution is 5.94. The van der Waals surface area contributed by atoms with Crippen molar-refractivity contribution in [2.24, 2.45) is 5.73 Å². The SMILES string of the molecule is N[C@]1(c2ccc(C(=O)NCC3COCCN3C(=O)COc3ccccc3)cc2)OC1C(F)(F)F. The van der Waals surface area contributed by atoms with Crippen molar-refractivity contribution in [3.8, 4) is 5.75 Å². The molecule has 2 unspecified atom stereocenters. The smallest absolute Gasteiger partial charge is 0.419 e. The van der Waals surface area contributed by atoms with Crippen LogP contribution in [0.25, 0.3) is 0 Å². The van der Waals surface area contributed by atoms with E-state index in [1.54, 1.807) is 29.2 Å². The number of hydrogen-bond donors (Lipinski definition) is 2. The number of morpholine rings is 1. The second-order valence-corrected chi connectivity index (χ2v) is 8.04. The Morgan fingerprint density at radius 2 is 1.85 bits per heavy atom. The number of nitrogens with zero attached hydrogens (tertiary/aromatic N) is 1. The van der Waals surface area contributed by atoms with Gasteiger partial charge in [0.15, 0.2) is 12.3 Å². The molecule has 0 aliphatic carbocycles. The number of nitrogens with two attached hydrogens (primary N) is 1. The van der Waals surface area contributed by atoms with Crippen LogP contribution in [0, 0.1) is 0 Å². The van der Waals surface area contributed by atoms with E-state index in [0.29, 0.717) is 18.9 Å². The molecule has 8 nitrogen and oxygen atoms in total. The largest absolute Gasteiger partial charge is 0.484 e. The predicted molar refractivity (Wildman–Crippen MR) is 114 cm³/mol. The third kappa shape index (κ3) is 5.32. The molecule has 34 heavy (non-hydrogen) atoms. The Morgan fingerprint density at radius 1 is 1.15 bits per heavy atom. The molecule has 2 aliphatic heterocycles. The Kier molecular flexibility index (Phi) is 6.78. The van der Waals surface area contributed by atoms with Crippen LogP contribution in [0.5, 0.6) is 5.75 Å². The lowest BCUT2D eigenvalue weighted by Gasteiger charge is -2.35. The quantitative estimate of drug-likeness (QED) is 0.587. The fourth-order valence-corrected chi connectivity index (χ4v) is 3.78. The Balaban J connectivity index is 1.31. The van der Waals surface area contributed by atoms with Gasteiger partial charge >= 0.3 is 6.18 Å². The molecule has 0 spiro atoms. The van der Waals surface area contributed by atoms with Crippen LogP contribution in [-0.4, -0.2) is 67.9 Å². The van der Waals surface area contributed by atoms with Gasteiger partial charge in [-0.05, 0) is 24.3 Å². The first-order chi connectivity index (χ1) is 16.2. The summed E-state index contributed by atoms with van der Waals surface area (Å²) in [6.07, 6.45) is -6.64. The van der Waals surface area contributed by atoms with Gasteiger partial charge in [-0.1, -0.05) is 30.3 Å². The molecular formula is C23H24F3N3O5. The number of ether oxygens (including phenoxy) is 3. The molecule has 11 heteroatoms. The minimum absolute atomic E-state index is 0.127. The van der Waals surface area contributed by atoms with Crippen molar-refractivity contribution in [2.45, 2.75) is 24.0 Å². The van der Waals surface area contributed by atoms with Gasteiger partial charge in [0.1, 0.15) is 5.75 Å². The number of halogens is 3. The number of rotatable bonds is 7. The minimum Gasteiger partial charge on any atom is -0.484 e. The van der Waals surface area contributed by atoms with Gasteiger partial charge in [0.2, 0.25) is 6.10 Å². The van der Waals surface area contributed by atoms with E-state index in [0.717, 1.165) is 0 Å². The molecule has 2 aromatic carbocycles. The van der Waals surface area contributed by atoms with Crippen LogP contribution in [0.1, 0.15) is 15.9 Å². The van der Waals surface area contributed by atoms with Crippen molar-refractivity contribution in [1.82, 2.24) is 10.2 Å². The van der Waals surface area contributed by atoms with E-state index >= 15 is 0 Å². The zero-order valence-electron chi connectivity index (χ0n) is 18.1. The average molecular weight is 479 g/mol. The number of hydrogen-bond acceptors (Lipinski definition) is 6. The number of carbonyl (C=O) groups excluding carboxylic acids is 2. The van der Waals surface area contributed by atoms with E-state index < -0.39 is 23.9 Å². The molecule has 4 rings (SSSR count). The van der Waals surface area contributed by atoms with Gasteiger partial charge in [0, 0.05) is 24.2 Å². The van der Waals surface area contributed by atoms with E-state index in [1.807, 2.05) is 6.07 Å². The fraction of sp³-hybridized carbons (Fsp3) is 0.391. The molecule has 3 atom stereocenters. The number of alkyl halides is 3. The summed E-state index contributed by atoms with van der Waals surface area (Å²) in [6, 6.07) is 14.0. The van der Waals surface area contributed by atoms with Gasteiger partial charge in [-0.2, -0.15) is 13.2 Å². The standard InChI is InChI=1S/C23H24F3N3O5/c24-23(25,26)21-22(27,34-21)16-8-6-15(7-9-16)20(31)28-12-17-13-32-11-10-29(17)19(30)14-33-18-4-2-1-3-5-18/h1-9,17,21H,10-14,27H2,(H,28,31)/t17?,21?,22-/m1/s1. The van der Waals surface area contributed by atoms with Crippen LogP contribution in [-0.2, 0) is 20.0 Å². The lowest BCUT2D eigenvalue weighted by Crippen LogP contribution is -2.54. The van der Waals surface area contributed by atoms with Gasteiger partial charge in [-0.15, -0.1) is 0 Å². The predicted octanol–water partition coefficient (Wildman–Crippen LogP) is 1.80.